The maximum Gasteiger partial charge on any atom is 0.161 e. The Morgan fingerprint density at radius 3 is 1.10 bits per heavy atom. The van der Waals surface area contributed by atoms with E-state index in [4.69, 9.17) is 0 Å². The molecule has 0 saturated heterocycles. The molecule has 2 rings (SSSR count). The summed E-state index contributed by atoms with van der Waals surface area (Å²) in [5, 5.41) is 0. The van der Waals surface area contributed by atoms with Gasteiger partial charge in [-0.1, -0.05) is 0 Å². The van der Waals surface area contributed by atoms with Gasteiger partial charge in [0.15, 0.2) is 23.3 Å². The molecule has 0 spiro atoms. The standard InChI is InChI=1S/C12H4F6S2/c13-5-1-9(17)11(3-7(5)15)19-20-12-4-8(16)6(14)2-10(12)18/h1-4H. The van der Waals surface area contributed by atoms with Crippen molar-refractivity contribution in [3.8, 4) is 0 Å². The first-order valence-corrected chi connectivity index (χ1v) is 7.17. The van der Waals surface area contributed by atoms with Crippen LogP contribution in [0.2, 0.25) is 0 Å². The molecule has 106 valence electrons. The third-order valence-electron chi connectivity index (χ3n) is 2.17. The van der Waals surface area contributed by atoms with Gasteiger partial charge in [-0.15, -0.1) is 0 Å². The second-order valence-electron chi connectivity index (χ2n) is 3.56. The van der Waals surface area contributed by atoms with Crippen molar-refractivity contribution in [3.05, 3.63) is 59.2 Å². The largest absolute Gasteiger partial charge is 0.206 e. The maximum absolute atomic E-state index is 13.3. The van der Waals surface area contributed by atoms with E-state index in [1.54, 1.807) is 0 Å². The van der Waals surface area contributed by atoms with E-state index in [1.165, 1.54) is 0 Å². The summed E-state index contributed by atoms with van der Waals surface area (Å²) in [5.41, 5.74) is 0. The van der Waals surface area contributed by atoms with Crippen molar-refractivity contribution >= 4 is 21.6 Å². The summed E-state index contributed by atoms with van der Waals surface area (Å²) in [7, 11) is 1.12. The summed E-state index contributed by atoms with van der Waals surface area (Å²) < 4.78 is 77.9. The van der Waals surface area contributed by atoms with Crippen LogP contribution in [0, 0.1) is 34.9 Å². The lowest BCUT2D eigenvalue weighted by Crippen LogP contribution is -1.90. The lowest BCUT2D eigenvalue weighted by atomic mass is 10.3. The lowest BCUT2D eigenvalue weighted by Gasteiger charge is -2.05. The number of rotatable bonds is 3. The molecule has 0 saturated carbocycles. The highest BCUT2D eigenvalue weighted by Gasteiger charge is 2.14. The molecule has 0 aromatic heterocycles. The molecule has 0 N–H and O–H groups in total. The molecule has 2 aromatic rings. The molecule has 0 aliphatic rings. The molecule has 0 nitrogen and oxygen atoms in total. The fourth-order valence-corrected chi connectivity index (χ4v) is 3.29. The fraction of sp³-hybridized carbons (Fsp3) is 0. The number of benzene rings is 2. The summed E-state index contributed by atoms with van der Waals surface area (Å²) in [6, 6.07) is 1.89. The Labute approximate surface area is 117 Å². The molecular formula is C12H4F6S2. The Balaban J connectivity index is 2.21. The van der Waals surface area contributed by atoms with Crippen LogP contribution in [0.3, 0.4) is 0 Å². The number of hydrogen-bond donors (Lipinski definition) is 0. The van der Waals surface area contributed by atoms with Crippen molar-refractivity contribution in [3.63, 3.8) is 0 Å². The molecule has 8 heteroatoms. The molecule has 0 aliphatic carbocycles. The van der Waals surface area contributed by atoms with Gasteiger partial charge in [-0.05, 0) is 33.7 Å². The summed E-state index contributed by atoms with van der Waals surface area (Å²) in [4.78, 5) is -0.587. The van der Waals surface area contributed by atoms with Gasteiger partial charge in [0.2, 0.25) is 0 Å². The van der Waals surface area contributed by atoms with E-state index in [0.717, 1.165) is 0 Å². The Morgan fingerprint density at radius 1 is 0.450 bits per heavy atom. The second kappa shape index (κ2) is 6.01. The van der Waals surface area contributed by atoms with E-state index in [1.807, 2.05) is 0 Å². The second-order valence-corrected chi connectivity index (χ2v) is 5.77. The third-order valence-corrected chi connectivity index (χ3v) is 4.57. The van der Waals surface area contributed by atoms with Crippen LogP contribution in [-0.2, 0) is 0 Å². The highest BCUT2D eigenvalue weighted by Crippen LogP contribution is 2.40. The molecule has 0 aliphatic heterocycles. The van der Waals surface area contributed by atoms with Gasteiger partial charge in [0, 0.05) is 12.1 Å². The zero-order valence-corrected chi connectivity index (χ0v) is 11.0. The number of hydrogen-bond acceptors (Lipinski definition) is 2. The van der Waals surface area contributed by atoms with E-state index in [-0.39, 0.29) is 9.79 Å². The number of halogens is 6. The normalized spacial score (nSPS) is 10.9. The first kappa shape index (κ1) is 15.1. The topological polar surface area (TPSA) is 0 Å². The molecule has 0 bridgehead atoms. The van der Waals surface area contributed by atoms with E-state index < -0.39 is 34.9 Å². The summed E-state index contributed by atoms with van der Waals surface area (Å²) in [6.07, 6.45) is 0. The highest BCUT2D eigenvalue weighted by molar-refractivity contribution is 8.76. The summed E-state index contributed by atoms with van der Waals surface area (Å²) >= 11 is 0. The van der Waals surface area contributed by atoms with Gasteiger partial charge in [-0.3, -0.25) is 0 Å². The third kappa shape index (κ3) is 3.24. The molecule has 0 amide bonds. The van der Waals surface area contributed by atoms with E-state index >= 15 is 0 Å². The van der Waals surface area contributed by atoms with Gasteiger partial charge in [0.25, 0.3) is 0 Å². The van der Waals surface area contributed by atoms with Crippen molar-refractivity contribution in [2.75, 3.05) is 0 Å². The van der Waals surface area contributed by atoms with Gasteiger partial charge >= 0.3 is 0 Å². The Morgan fingerprint density at radius 2 is 0.750 bits per heavy atom. The summed E-state index contributed by atoms with van der Waals surface area (Å²) in [6.45, 7) is 0. The van der Waals surface area contributed by atoms with E-state index in [0.29, 0.717) is 45.9 Å². The highest BCUT2D eigenvalue weighted by atomic mass is 33.1. The van der Waals surface area contributed by atoms with Gasteiger partial charge in [0.05, 0.1) is 9.79 Å². The molecule has 0 fully saturated rings. The maximum atomic E-state index is 13.3. The first-order valence-electron chi connectivity index (χ1n) is 5.02. The van der Waals surface area contributed by atoms with E-state index in [9.17, 15) is 26.3 Å². The quantitative estimate of drug-likeness (QED) is 0.425. The smallest absolute Gasteiger partial charge is 0.161 e. The van der Waals surface area contributed by atoms with Gasteiger partial charge in [0.1, 0.15) is 11.6 Å². The lowest BCUT2D eigenvalue weighted by molar-refractivity contribution is 0.485. The molecule has 20 heavy (non-hydrogen) atoms. The van der Waals surface area contributed by atoms with Gasteiger partial charge < -0.3 is 0 Å². The van der Waals surface area contributed by atoms with Crippen molar-refractivity contribution < 1.29 is 26.3 Å². The minimum Gasteiger partial charge on any atom is -0.206 e. The first-order chi connectivity index (χ1) is 9.38. The SMILES string of the molecule is Fc1cc(F)c(SSc2cc(F)c(F)cc2F)cc1F. The van der Waals surface area contributed by atoms with Crippen LogP contribution in [0.5, 0.6) is 0 Å². The van der Waals surface area contributed by atoms with Crippen LogP contribution >= 0.6 is 21.6 Å². The zero-order valence-electron chi connectivity index (χ0n) is 9.39. The van der Waals surface area contributed by atoms with Crippen LogP contribution in [-0.4, -0.2) is 0 Å². The van der Waals surface area contributed by atoms with E-state index in [2.05, 4.69) is 0 Å². The van der Waals surface area contributed by atoms with Gasteiger partial charge in [-0.2, -0.15) is 0 Å². The van der Waals surface area contributed by atoms with Crippen LogP contribution in [0.4, 0.5) is 26.3 Å². The van der Waals surface area contributed by atoms with Crippen LogP contribution in [0.25, 0.3) is 0 Å². The Kier molecular flexibility index (Phi) is 4.54. The minimum atomic E-state index is -1.35. The molecule has 0 radical (unpaired) electrons. The average Bonchev–Trinajstić information content (AvgIpc) is 2.37. The summed E-state index contributed by atoms with van der Waals surface area (Å²) in [5.74, 6) is -7.30. The molecule has 0 unspecified atom stereocenters. The molecule has 2 aromatic carbocycles. The molecular weight excluding hydrogens is 322 g/mol. The molecule has 0 heterocycles. The Bertz CT molecular complexity index is 601. The van der Waals surface area contributed by atoms with Crippen LogP contribution in [0.1, 0.15) is 0 Å². The van der Waals surface area contributed by atoms with Crippen molar-refractivity contribution in [1.29, 1.82) is 0 Å². The zero-order chi connectivity index (χ0) is 14.9. The molecule has 0 atom stereocenters. The average molecular weight is 326 g/mol. The minimum absolute atomic E-state index is 0.293. The van der Waals surface area contributed by atoms with Crippen molar-refractivity contribution in [2.45, 2.75) is 9.79 Å². The predicted octanol–water partition coefficient (Wildman–Crippen LogP) is 5.32. The van der Waals surface area contributed by atoms with Crippen LogP contribution < -0.4 is 0 Å². The Hall–Kier alpha value is -1.28. The van der Waals surface area contributed by atoms with Crippen molar-refractivity contribution in [2.24, 2.45) is 0 Å². The van der Waals surface area contributed by atoms with Crippen LogP contribution in [0.15, 0.2) is 34.1 Å². The van der Waals surface area contributed by atoms with Gasteiger partial charge in [-0.25, -0.2) is 26.3 Å². The van der Waals surface area contributed by atoms with Crippen molar-refractivity contribution in [1.82, 2.24) is 0 Å². The predicted molar refractivity (Wildman–Crippen MR) is 64.3 cm³/mol. The fourth-order valence-electron chi connectivity index (χ4n) is 1.23. The monoisotopic (exact) mass is 326 g/mol.